The molecule has 0 aliphatic rings. The van der Waals surface area contributed by atoms with E-state index in [0.717, 1.165) is 0 Å². The molecule has 1 aromatic rings. The highest BCUT2D eigenvalue weighted by Crippen LogP contribution is 2.28. The second-order valence-corrected chi connectivity index (χ2v) is 6.30. The largest absolute Gasteiger partial charge is 0.336 e. The number of nitrogen functional groups attached to an aromatic ring is 1. The molecule has 2 N–H and O–H groups in total. The lowest BCUT2D eigenvalue weighted by molar-refractivity contribution is -0.00526. The molecule has 0 amide bonds. The average Bonchev–Trinajstić information content (AvgIpc) is 2.60. The number of rotatable bonds is 5. The molecule has 0 aliphatic carbocycles. The van der Waals surface area contributed by atoms with Gasteiger partial charge in [0.05, 0.1) is 0 Å². The van der Waals surface area contributed by atoms with Gasteiger partial charge in [-0.15, -0.1) is 10.2 Å². The molecule has 104 valence electrons. The molecule has 0 unspecified atom stereocenters. The highest BCUT2D eigenvalue weighted by molar-refractivity contribution is 7.99. The van der Waals surface area contributed by atoms with Gasteiger partial charge in [0.25, 0.3) is 0 Å². The van der Waals surface area contributed by atoms with Gasteiger partial charge in [-0.25, -0.2) is 13.5 Å². The third-order valence-corrected chi connectivity index (χ3v) is 3.50. The van der Waals surface area contributed by atoms with Crippen LogP contribution in [0.1, 0.15) is 46.4 Å². The maximum Gasteiger partial charge on any atom is 0.248 e. The molecule has 0 aromatic carbocycles. The quantitative estimate of drug-likeness (QED) is 0.664. The fourth-order valence-electron chi connectivity index (χ4n) is 1.36. The van der Waals surface area contributed by atoms with Gasteiger partial charge < -0.3 is 5.84 Å². The fourth-order valence-corrected chi connectivity index (χ4v) is 2.26. The van der Waals surface area contributed by atoms with E-state index in [4.69, 9.17) is 5.84 Å². The molecule has 1 heterocycles. The number of alkyl halides is 2. The number of thioether (sulfide) groups is 1. The van der Waals surface area contributed by atoms with E-state index in [1.54, 1.807) is 0 Å². The van der Waals surface area contributed by atoms with Gasteiger partial charge >= 0.3 is 0 Å². The van der Waals surface area contributed by atoms with Crippen LogP contribution in [0.3, 0.4) is 0 Å². The summed E-state index contributed by atoms with van der Waals surface area (Å²) in [6.07, 6.45) is -0.317. The lowest BCUT2D eigenvalue weighted by Gasteiger charge is -2.16. The van der Waals surface area contributed by atoms with E-state index < -0.39 is 5.92 Å². The van der Waals surface area contributed by atoms with Crippen LogP contribution in [0.5, 0.6) is 0 Å². The zero-order valence-electron chi connectivity index (χ0n) is 11.2. The Kier molecular flexibility index (Phi) is 4.58. The normalized spacial score (nSPS) is 13.0. The first-order valence-electron chi connectivity index (χ1n) is 5.89. The van der Waals surface area contributed by atoms with Crippen molar-refractivity contribution in [1.29, 1.82) is 0 Å². The highest BCUT2D eigenvalue weighted by atomic mass is 32.2. The van der Waals surface area contributed by atoms with Crippen molar-refractivity contribution in [3.63, 3.8) is 0 Å². The fraction of sp³-hybridized carbons (Fsp3) is 0.818. The van der Waals surface area contributed by atoms with E-state index in [2.05, 4.69) is 10.2 Å². The Labute approximate surface area is 110 Å². The van der Waals surface area contributed by atoms with Crippen molar-refractivity contribution >= 4 is 11.8 Å². The highest BCUT2D eigenvalue weighted by Gasteiger charge is 2.27. The van der Waals surface area contributed by atoms with E-state index in [9.17, 15) is 8.78 Å². The van der Waals surface area contributed by atoms with Crippen LogP contribution in [0, 0.1) is 0 Å². The summed E-state index contributed by atoms with van der Waals surface area (Å²) in [5.41, 5.74) is -0.214. The maximum atomic E-state index is 13.1. The number of hydrogen-bond acceptors (Lipinski definition) is 4. The predicted molar refractivity (Wildman–Crippen MR) is 69.5 cm³/mol. The average molecular weight is 278 g/mol. The SMILES string of the molecule is CCC(F)(F)CCSc1nnc(C(C)(C)C)n1N. The zero-order chi connectivity index (χ0) is 14.0. The van der Waals surface area contributed by atoms with Gasteiger partial charge in [0.1, 0.15) is 0 Å². The molecular weight excluding hydrogens is 258 g/mol. The zero-order valence-corrected chi connectivity index (χ0v) is 12.0. The molecule has 0 fully saturated rings. The minimum Gasteiger partial charge on any atom is -0.336 e. The van der Waals surface area contributed by atoms with E-state index in [0.29, 0.717) is 11.0 Å². The van der Waals surface area contributed by atoms with E-state index in [1.165, 1.54) is 23.4 Å². The Balaban J connectivity index is 2.62. The Morgan fingerprint density at radius 1 is 1.28 bits per heavy atom. The predicted octanol–water partition coefficient (Wildman–Crippen LogP) is 2.82. The molecule has 0 radical (unpaired) electrons. The van der Waals surface area contributed by atoms with Crippen LogP contribution in [0.25, 0.3) is 0 Å². The minimum atomic E-state index is -2.61. The molecule has 7 heteroatoms. The molecular formula is C11H20F2N4S. The molecule has 0 saturated heterocycles. The Hall–Kier alpha value is -0.850. The summed E-state index contributed by atoms with van der Waals surface area (Å²) in [5, 5.41) is 8.41. The lowest BCUT2D eigenvalue weighted by atomic mass is 9.96. The molecule has 1 aromatic heterocycles. The smallest absolute Gasteiger partial charge is 0.248 e. The first-order chi connectivity index (χ1) is 8.17. The molecule has 18 heavy (non-hydrogen) atoms. The second kappa shape index (κ2) is 5.42. The van der Waals surface area contributed by atoms with Crippen LogP contribution >= 0.6 is 11.8 Å². The third kappa shape index (κ3) is 3.83. The van der Waals surface area contributed by atoms with Crippen molar-refractivity contribution < 1.29 is 8.78 Å². The van der Waals surface area contributed by atoms with E-state index in [1.807, 2.05) is 20.8 Å². The van der Waals surface area contributed by atoms with Crippen LogP contribution in [0.2, 0.25) is 0 Å². The molecule has 0 spiro atoms. The first kappa shape index (κ1) is 15.2. The van der Waals surface area contributed by atoms with Crippen LogP contribution in [0.4, 0.5) is 8.78 Å². The molecule has 0 bridgehead atoms. The summed E-state index contributed by atoms with van der Waals surface area (Å²) < 4.78 is 27.5. The number of hydrogen-bond donors (Lipinski definition) is 1. The Morgan fingerprint density at radius 2 is 1.89 bits per heavy atom. The van der Waals surface area contributed by atoms with Crippen molar-refractivity contribution in [3.05, 3.63) is 5.82 Å². The molecule has 0 saturated carbocycles. The minimum absolute atomic E-state index is 0.143. The van der Waals surface area contributed by atoms with Gasteiger partial charge in [0, 0.05) is 24.0 Å². The third-order valence-electron chi connectivity index (χ3n) is 2.55. The summed E-state index contributed by atoms with van der Waals surface area (Å²) >= 11 is 1.21. The maximum absolute atomic E-state index is 13.1. The van der Waals surface area contributed by atoms with Crippen LogP contribution < -0.4 is 5.84 Å². The van der Waals surface area contributed by atoms with Crippen LogP contribution in [0.15, 0.2) is 5.16 Å². The molecule has 4 nitrogen and oxygen atoms in total. The van der Waals surface area contributed by atoms with Crippen molar-refractivity contribution in [3.8, 4) is 0 Å². The Bertz CT molecular complexity index is 398. The molecule has 0 aliphatic heterocycles. The second-order valence-electron chi connectivity index (χ2n) is 5.23. The molecule has 1 rings (SSSR count). The number of nitrogens with zero attached hydrogens (tertiary/aromatic N) is 3. The van der Waals surface area contributed by atoms with Gasteiger partial charge in [-0.3, -0.25) is 0 Å². The van der Waals surface area contributed by atoms with E-state index in [-0.39, 0.29) is 24.0 Å². The summed E-state index contributed by atoms with van der Waals surface area (Å²) in [5.74, 6) is 4.17. The number of aromatic nitrogens is 3. The summed E-state index contributed by atoms with van der Waals surface area (Å²) in [6.45, 7) is 7.40. The van der Waals surface area contributed by atoms with Crippen LogP contribution in [-0.2, 0) is 5.41 Å². The van der Waals surface area contributed by atoms with Crippen molar-refractivity contribution in [1.82, 2.24) is 14.9 Å². The van der Waals surface area contributed by atoms with Gasteiger partial charge in [-0.05, 0) is 0 Å². The number of nitrogens with two attached hydrogens (primary N) is 1. The van der Waals surface area contributed by atoms with Gasteiger partial charge in [0.15, 0.2) is 5.82 Å². The van der Waals surface area contributed by atoms with Crippen molar-refractivity contribution in [2.24, 2.45) is 0 Å². The summed E-state index contributed by atoms with van der Waals surface area (Å²) in [6, 6.07) is 0. The van der Waals surface area contributed by atoms with Crippen molar-refractivity contribution in [2.75, 3.05) is 11.6 Å². The monoisotopic (exact) mass is 278 g/mol. The summed E-state index contributed by atoms with van der Waals surface area (Å²) in [7, 11) is 0. The van der Waals surface area contributed by atoms with E-state index >= 15 is 0 Å². The van der Waals surface area contributed by atoms with Gasteiger partial charge in [0.2, 0.25) is 11.1 Å². The first-order valence-corrected chi connectivity index (χ1v) is 6.87. The number of halogens is 2. The molecule has 0 atom stereocenters. The van der Waals surface area contributed by atoms with Gasteiger partial charge in [-0.1, -0.05) is 39.5 Å². The van der Waals surface area contributed by atoms with Crippen LogP contribution in [-0.4, -0.2) is 26.5 Å². The standard InChI is InChI=1S/C11H20F2N4S/c1-5-11(12,13)6-7-18-9-16-15-8(17(9)14)10(2,3)4/h5-7,14H2,1-4H3. The topological polar surface area (TPSA) is 56.7 Å². The Morgan fingerprint density at radius 3 is 2.33 bits per heavy atom. The summed E-state index contributed by atoms with van der Waals surface area (Å²) in [4.78, 5) is 0. The van der Waals surface area contributed by atoms with Crippen molar-refractivity contribution in [2.45, 2.75) is 57.0 Å². The van der Waals surface area contributed by atoms with Gasteiger partial charge in [-0.2, -0.15) is 0 Å². The lowest BCUT2D eigenvalue weighted by Crippen LogP contribution is -2.24.